The van der Waals surface area contributed by atoms with Crippen LogP contribution in [0, 0.1) is 23.2 Å². The standard InChI is InChI=1S/C17H34N2/c1-14(2)10-12-19(13-11-15(3)4)17(18)16-8-6-5-7-9-16/h14-16,18H,5-13H2,1-4H3. The minimum absolute atomic E-state index is 0.549. The van der Waals surface area contributed by atoms with E-state index in [1.165, 1.54) is 44.9 Å². The third-order valence-corrected chi connectivity index (χ3v) is 4.29. The van der Waals surface area contributed by atoms with Crippen LogP contribution in [-0.2, 0) is 0 Å². The van der Waals surface area contributed by atoms with E-state index in [1.54, 1.807) is 0 Å². The Bertz CT molecular complexity index is 240. The molecule has 0 radical (unpaired) electrons. The van der Waals surface area contributed by atoms with Crippen molar-refractivity contribution in [3.05, 3.63) is 0 Å². The molecule has 0 amide bonds. The average Bonchev–Trinajstić information content (AvgIpc) is 2.38. The van der Waals surface area contributed by atoms with Crippen LogP contribution < -0.4 is 0 Å². The van der Waals surface area contributed by atoms with Gasteiger partial charge in [-0.2, -0.15) is 0 Å². The lowest BCUT2D eigenvalue weighted by atomic mass is 9.87. The van der Waals surface area contributed by atoms with Crippen molar-refractivity contribution < 1.29 is 0 Å². The zero-order valence-corrected chi connectivity index (χ0v) is 13.5. The molecule has 1 aliphatic carbocycles. The van der Waals surface area contributed by atoms with E-state index in [2.05, 4.69) is 32.6 Å². The van der Waals surface area contributed by atoms with Crippen molar-refractivity contribution in [1.29, 1.82) is 5.41 Å². The Morgan fingerprint density at radius 2 is 1.42 bits per heavy atom. The fourth-order valence-electron chi connectivity index (χ4n) is 2.82. The van der Waals surface area contributed by atoms with Crippen LogP contribution in [0.2, 0.25) is 0 Å². The quantitative estimate of drug-likeness (QED) is 0.513. The van der Waals surface area contributed by atoms with E-state index in [4.69, 9.17) is 5.41 Å². The van der Waals surface area contributed by atoms with Gasteiger partial charge in [0.05, 0.1) is 5.84 Å². The molecule has 0 heterocycles. The van der Waals surface area contributed by atoms with Gasteiger partial charge in [0.1, 0.15) is 0 Å². The first-order valence-electron chi connectivity index (χ1n) is 8.34. The van der Waals surface area contributed by atoms with Crippen LogP contribution in [0.3, 0.4) is 0 Å². The topological polar surface area (TPSA) is 27.1 Å². The van der Waals surface area contributed by atoms with Crippen LogP contribution in [0.25, 0.3) is 0 Å². The maximum Gasteiger partial charge on any atom is 0.0989 e. The summed E-state index contributed by atoms with van der Waals surface area (Å²) in [6, 6.07) is 0. The SMILES string of the molecule is CC(C)CCN(CCC(C)C)C(=N)C1CCCCC1. The first kappa shape index (κ1) is 16.5. The van der Waals surface area contributed by atoms with Crippen LogP contribution in [0.15, 0.2) is 0 Å². The predicted octanol–water partition coefficient (Wildman–Crippen LogP) is 4.94. The zero-order chi connectivity index (χ0) is 14.3. The van der Waals surface area contributed by atoms with Gasteiger partial charge in [-0.25, -0.2) is 0 Å². The van der Waals surface area contributed by atoms with Crippen molar-refractivity contribution >= 4 is 5.84 Å². The minimum atomic E-state index is 0.549. The molecule has 0 saturated heterocycles. The van der Waals surface area contributed by atoms with E-state index in [0.29, 0.717) is 5.92 Å². The van der Waals surface area contributed by atoms with Gasteiger partial charge in [0, 0.05) is 19.0 Å². The smallest absolute Gasteiger partial charge is 0.0989 e. The van der Waals surface area contributed by atoms with E-state index in [-0.39, 0.29) is 0 Å². The third-order valence-electron chi connectivity index (χ3n) is 4.29. The van der Waals surface area contributed by atoms with Gasteiger partial charge < -0.3 is 4.90 Å². The van der Waals surface area contributed by atoms with Crippen molar-refractivity contribution in [3.63, 3.8) is 0 Å². The van der Waals surface area contributed by atoms with Crippen molar-refractivity contribution in [2.75, 3.05) is 13.1 Å². The number of amidine groups is 1. The summed E-state index contributed by atoms with van der Waals surface area (Å²) in [6.45, 7) is 11.3. The maximum atomic E-state index is 8.55. The Labute approximate surface area is 120 Å². The highest BCUT2D eigenvalue weighted by Crippen LogP contribution is 2.26. The molecular formula is C17H34N2. The summed E-state index contributed by atoms with van der Waals surface area (Å²) < 4.78 is 0. The Morgan fingerprint density at radius 1 is 0.947 bits per heavy atom. The van der Waals surface area contributed by atoms with Gasteiger partial charge in [-0.1, -0.05) is 47.0 Å². The first-order chi connectivity index (χ1) is 9.00. The molecule has 0 atom stereocenters. The number of rotatable bonds is 7. The Morgan fingerprint density at radius 3 is 1.84 bits per heavy atom. The molecule has 0 aromatic heterocycles. The summed E-state index contributed by atoms with van der Waals surface area (Å²) in [5, 5.41) is 8.55. The molecule has 0 aliphatic heterocycles. The predicted molar refractivity (Wildman–Crippen MR) is 84.8 cm³/mol. The van der Waals surface area contributed by atoms with Gasteiger partial charge in [0.15, 0.2) is 0 Å². The van der Waals surface area contributed by atoms with Gasteiger partial charge in [-0.05, 0) is 37.5 Å². The van der Waals surface area contributed by atoms with Crippen LogP contribution in [0.5, 0.6) is 0 Å². The summed E-state index contributed by atoms with van der Waals surface area (Å²) >= 11 is 0. The van der Waals surface area contributed by atoms with Crippen LogP contribution in [-0.4, -0.2) is 23.8 Å². The number of nitrogens with one attached hydrogen (secondary N) is 1. The van der Waals surface area contributed by atoms with E-state index in [9.17, 15) is 0 Å². The molecule has 19 heavy (non-hydrogen) atoms. The molecule has 1 fully saturated rings. The van der Waals surface area contributed by atoms with Gasteiger partial charge in [0.2, 0.25) is 0 Å². The molecule has 2 nitrogen and oxygen atoms in total. The molecular weight excluding hydrogens is 232 g/mol. The number of hydrogen-bond donors (Lipinski definition) is 1. The van der Waals surface area contributed by atoms with E-state index in [0.717, 1.165) is 30.8 Å². The highest BCUT2D eigenvalue weighted by Gasteiger charge is 2.22. The lowest BCUT2D eigenvalue weighted by molar-refractivity contribution is 0.317. The van der Waals surface area contributed by atoms with Crippen molar-refractivity contribution in [2.24, 2.45) is 17.8 Å². The fourth-order valence-corrected chi connectivity index (χ4v) is 2.82. The second-order valence-electron chi connectivity index (χ2n) is 7.07. The van der Waals surface area contributed by atoms with Crippen molar-refractivity contribution in [3.8, 4) is 0 Å². The molecule has 2 heteroatoms. The first-order valence-corrected chi connectivity index (χ1v) is 8.34. The van der Waals surface area contributed by atoms with Crippen LogP contribution >= 0.6 is 0 Å². The summed E-state index contributed by atoms with van der Waals surface area (Å²) in [5.41, 5.74) is 0. The molecule has 1 rings (SSSR count). The molecule has 112 valence electrons. The van der Waals surface area contributed by atoms with E-state index >= 15 is 0 Å². The van der Waals surface area contributed by atoms with Crippen LogP contribution in [0.4, 0.5) is 0 Å². The number of nitrogens with zero attached hydrogens (tertiary/aromatic N) is 1. The molecule has 1 aliphatic rings. The fraction of sp³-hybridized carbons (Fsp3) is 0.941. The second kappa shape index (κ2) is 8.60. The Hall–Kier alpha value is -0.530. The second-order valence-corrected chi connectivity index (χ2v) is 7.07. The lowest BCUT2D eigenvalue weighted by Gasteiger charge is -2.33. The zero-order valence-electron chi connectivity index (χ0n) is 13.5. The van der Waals surface area contributed by atoms with Crippen LogP contribution in [0.1, 0.15) is 72.6 Å². The van der Waals surface area contributed by atoms with Crippen molar-refractivity contribution in [1.82, 2.24) is 4.90 Å². The van der Waals surface area contributed by atoms with Crippen molar-refractivity contribution in [2.45, 2.75) is 72.6 Å². The average molecular weight is 266 g/mol. The van der Waals surface area contributed by atoms with Gasteiger partial charge >= 0.3 is 0 Å². The number of hydrogen-bond acceptors (Lipinski definition) is 1. The highest BCUT2D eigenvalue weighted by molar-refractivity contribution is 5.81. The van der Waals surface area contributed by atoms with Gasteiger partial charge in [0.25, 0.3) is 0 Å². The molecule has 0 aromatic carbocycles. The molecule has 0 spiro atoms. The third kappa shape index (κ3) is 6.44. The molecule has 1 N–H and O–H groups in total. The molecule has 1 saturated carbocycles. The summed E-state index contributed by atoms with van der Waals surface area (Å²) in [6.07, 6.45) is 8.96. The summed E-state index contributed by atoms with van der Waals surface area (Å²) in [7, 11) is 0. The minimum Gasteiger partial charge on any atom is -0.360 e. The monoisotopic (exact) mass is 266 g/mol. The highest BCUT2D eigenvalue weighted by atomic mass is 15.2. The van der Waals surface area contributed by atoms with Gasteiger partial charge in [-0.3, -0.25) is 5.41 Å². The summed E-state index contributed by atoms with van der Waals surface area (Å²) in [5.74, 6) is 2.97. The summed E-state index contributed by atoms with van der Waals surface area (Å²) in [4.78, 5) is 2.38. The Balaban J connectivity index is 2.51. The van der Waals surface area contributed by atoms with E-state index in [1.807, 2.05) is 0 Å². The normalized spacial score (nSPS) is 17.2. The largest absolute Gasteiger partial charge is 0.360 e. The molecule has 0 aromatic rings. The van der Waals surface area contributed by atoms with Gasteiger partial charge in [-0.15, -0.1) is 0 Å². The Kier molecular flexibility index (Phi) is 7.48. The maximum absolute atomic E-state index is 8.55. The lowest BCUT2D eigenvalue weighted by Crippen LogP contribution is -2.38. The molecule has 0 bridgehead atoms. The van der Waals surface area contributed by atoms with E-state index < -0.39 is 0 Å². The molecule has 0 unspecified atom stereocenters.